The maximum atomic E-state index is 7.34. The lowest BCUT2D eigenvalue weighted by Crippen LogP contribution is -2.55. The van der Waals surface area contributed by atoms with Crippen LogP contribution in [0, 0.1) is 53.9 Å². The summed E-state index contributed by atoms with van der Waals surface area (Å²) < 4.78 is 2.66. The van der Waals surface area contributed by atoms with E-state index in [1.165, 1.54) is 271 Å². The van der Waals surface area contributed by atoms with E-state index in [-0.39, 0.29) is 16.2 Å². The fraction of sp³-hybridized carbons (Fsp3) is 0.180. The number of benzene rings is 20. The fourth-order valence-electron chi connectivity index (χ4n) is 29.8. The van der Waals surface area contributed by atoms with Gasteiger partial charge in [-0.25, -0.2) is 4.85 Å². The van der Waals surface area contributed by atoms with Crippen LogP contribution in [0.15, 0.2) is 358 Å². The molecule has 11 aliphatic carbocycles. The van der Waals surface area contributed by atoms with Crippen molar-refractivity contribution in [1.29, 1.82) is 0 Å². The lowest BCUT2D eigenvalue weighted by Gasteiger charge is -2.61. The van der Waals surface area contributed by atoms with Crippen LogP contribution in [0.3, 0.4) is 0 Å². The Hall–Kier alpha value is -13.8. The Kier molecular flexibility index (Phi) is 15.6. The average molecular weight is 1680 g/mol. The molecule has 0 radical (unpaired) electrons. The second-order valence-corrected chi connectivity index (χ2v) is 42.1. The highest BCUT2D eigenvalue weighted by molar-refractivity contribution is 7.25. The summed E-state index contributed by atoms with van der Waals surface area (Å²) in [6, 6.07) is 137. The van der Waals surface area contributed by atoms with Gasteiger partial charge in [-0.2, -0.15) is 0 Å². The Morgan fingerprint density at radius 2 is 0.546 bits per heavy atom. The topological polar surface area (TPSA) is 4.36 Å². The third kappa shape index (κ3) is 10.3. The summed E-state index contributed by atoms with van der Waals surface area (Å²) in [4.78, 5) is 3.57. The molecule has 0 amide bonds. The first-order chi connectivity index (χ1) is 64.0. The molecule has 0 N–H and O–H groups in total. The summed E-state index contributed by atoms with van der Waals surface area (Å²) in [5.74, 6) is 6.96. The molecule has 1 heterocycles. The van der Waals surface area contributed by atoms with E-state index in [4.69, 9.17) is 6.57 Å². The normalized spacial score (nSPS) is 22.2. The fourth-order valence-corrected chi connectivity index (χ4v) is 31.0. The van der Waals surface area contributed by atoms with Crippen molar-refractivity contribution in [3.05, 3.63) is 403 Å². The smallest absolute Gasteiger partial charge is 0.187 e. The van der Waals surface area contributed by atoms with Gasteiger partial charge in [0.05, 0.1) is 6.57 Å². The quantitative estimate of drug-likeness (QED) is 0.0851. The van der Waals surface area contributed by atoms with Crippen molar-refractivity contribution < 1.29 is 0 Å². The molecule has 2 heteroatoms. The molecule has 130 heavy (non-hydrogen) atoms. The van der Waals surface area contributed by atoms with Gasteiger partial charge in [0, 0.05) is 36.4 Å². The first-order valence-corrected chi connectivity index (χ1v) is 48.7. The lowest BCUT2D eigenvalue weighted by atomic mass is 9.43. The van der Waals surface area contributed by atoms with Crippen molar-refractivity contribution in [3.8, 4) is 111 Å². The zero-order valence-corrected chi connectivity index (χ0v) is 73.9. The molecule has 1 aromatic heterocycles. The molecule has 20 aromatic carbocycles. The van der Waals surface area contributed by atoms with Gasteiger partial charge in [-0.3, -0.25) is 0 Å². The number of thiophene rings is 1. The van der Waals surface area contributed by atoms with E-state index in [0.29, 0.717) is 5.69 Å². The van der Waals surface area contributed by atoms with E-state index in [2.05, 4.69) is 352 Å². The van der Waals surface area contributed by atoms with Gasteiger partial charge in [0.25, 0.3) is 0 Å². The van der Waals surface area contributed by atoms with Crippen molar-refractivity contribution in [2.75, 3.05) is 0 Å². The Labute approximate surface area is 762 Å². The highest BCUT2D eigenvalue weighted by Crippen LogP contribution is 2.72. The predicted octanol–water partition coefficient (Wildman–Crippen LogP) is 35.2. The lowest BCUT2D eigenvalue weighted by molar-refractivity contribution is -0.0399. The third-order valence-corrected chi connectivity index (χ3v) is 35.7. The standard InChI is InChI=1S/C67H50.C61H43NS/c1-66(2)60-36-43(42-24-27-59-57(35-42)50-12-7-8-17-58(50)67(59)48-29-38-28-39(31-48)32-49(67)30-38)22-25-51(60)52-26-23-46(37-61(52)66)64-53-13-3-5-15-55(53)65(56-16-6-4-14-54(56)64)47-33-44-20-18-40-10-9-11-41-19-21-45(34-47)63(44)62(40)41;1-62-46-23-18-39(19-24-46)38-14-16-40(17-15-38)59-50-9-2-4-11-52(50)60(53-12-5-3-10-51(53)59)43-21-26-49-48-25-20-42(34-57(48)63-58(49)35-43)41-22-27-56-54(33-41)47-8-6-7-13-55(47)61(56)44-29-36-28-37(31-44)32-45(61)30-36/h3-27,33-39,48-49H,28-32H2,1-2H3;2-27,33-37,44-45H,28-32H2. The minimum atomic E-state index is -0.167. The van der Waals surface area contributed by atoms with E-state index >= 15 is 0 Å². The first-order valence-electron chi connectivity index (χ1n) is 47.9. The summed E-state index contributed by atoms with van der Waals surface area (Å²) in [5.41, 5.74) is 36.7. The van der Waals surface area contributed by atoms with Crippen LogP contribution in [0.4, 0.5) is 5.69 Å². The van der Waals surface area contributed by atoms with Crippen LogP contribution in [0.2, 0.25) is 0 Å². The monoisotopic (exact) mass is 1680 g/mol. The van der Waals surface area contributed by atoms with E-state index in [9.17, 15) is 0 Å². The van der Waals surface area contributed by atoms with E-state index in [0.717, 1.165) is 58.5 Å². The number of fused-ring (bicyclic) bond motifs is 16. The molecular weight excluding hydrogens is 1580 g/mol. The van der Waals surface area contributed by atoms with Crippen molar-refractivity contribution in [2.45, 2.75) is 94.3 Å². The van der Waals surface area contributed by atoms with Crippen LogP contribution in [-0.2, 0) is 16.2 Å². The summed E-state index contributed by atoms with van der Waals surface area (Å²) in [7, 11) is 0. The van der Waals surface area contributed by atoms with Gasteiger partial charge in [0.1, 0.15) is 0 Å². The average Bonchev–Trinajstić information content (AvgIpc) is 1.51. The van der Waals surface area contributed by atoms with Gasteiger partial charge in [0.2, 0.25) is 0 Å². The highest BCUT2D eigenvalue weighted by Gasteiger charge is 2.63. The summed E-state index contributed by atoms with van der Waals surface area (Å²) in [5, 5.41) is 20.8. The van der Waals surface area contributed by atoms with Crippen LogP contribution >= 0.6 is 11.3 Å². The Morgan fingerprint density at radius 3 is 1.01 bits per heavy atom. The Bertz CT molecular complexity index is 8310. The molecule has 21 aromatic rings. The zero-order chi connectivity index (χ0) is 85.3. The summed E-state index contributed by atoms with van der Waals surface area (Å²) in [6.07, 6.45) is 14.3. The molecule has 616 valence electrons. The van der Waals surface area contributed by atoms with Crippen LogP contribution in [0.1, 0.15) is 111 Å². The first kappa shape index (κ1) is 74.2. The maximum Gasteiger partial charge on any atom is 0.187 e. The molecule has 0 atom stereocenters. The number of hydrogen-bond donors (Lipinski definition) is 0. The molecule has 1 nitrogen and oxygen atoms in total. The molecule has 0 aliphatic heterocycles. The molecule has 11 aliphatic rings. The molecule has 8 saturated carbocycles. The predicted molar refractivity (Wildman–Crippen MR) is 548 cm³/mol. The molecule has 8 bridgehead atoms. The molecule has 32 rings (SSSR count). The van der Waals surface area contributed by atoms with Crippen LogP contribution in [0.5, 0.6) is 0 Å². The Morgan fingerprint density at radius 1 is 0.231 bits per heavy atom. The van der Waals surface area contributed by atoms with Crippen molar-refractivity contribution in [1.82, 2.24) is 0 Å². The molecule has 0 unspecified atom stereocenters. The molecule has 0 saturated heterocycles. The molecule has 8 fully saturated rings. The van der Waals surface area contributed by atoms with E-state index in [1.54, 1.807) is 22.3 Å². The van der Waals surface area contributed by atoms with Crippen LogP contribution < -0.4 is 0 Å². The third-order valence-electron chi connectivity index (χ3n) is 34.6. The largest absolute Gasteiger partial charge is 0.238 e. The van der Waals surface area contributed by atoms with Gasteiger partial charge >= 0.3 is 0 Å². The SMILES string of the molecule is CC1(C)c2cc(-c3ccc4c(c3)-c3ccccc3C43C4CC5CC(C4)CC3C5)ccc2-c2ccc(-c3c4ccccc4c(-c4cc5ccc6cccc7ccc(c4)c5c67)c4ccccc34)cc21.[C-]#[N+]c1ccc(-c2ccc(-c3c4ccccc4c(-c4ccc5c(c4)sc4cc(-c6ccc7c(c6)-c6ccccc6C76C7CC8CC(C7)CC6C8)ccc45)c4ccccc34)cc2)cc1. The molecular formula is C128H93NS. The van der Waals surface area contributed by atoms with Crippen molar-refractivity contribution in [2.24, 2.45) is 47.3 Å². The number of nitrogens with zero attached hydrogens (tertiary/aromatic N) is 1. The van der Waals surface area contributed by atoms with Crippen LogP contribution in [-0.4, -0.2) is 0 Å². The maximum absolute atomic E-state index is 7.34. The second kappa shape index (κ2) is 27.4. The second-order valence-electron chi connectivity index (χ2n) is 41.1. The zero-order valence-electron chi connectivity index (χ0n) is 73.1. The van der Waals surface area contributed by atoms with Gasteiger partial charge in [-0.05, 0) is 380 Å². The van der Waals surface area contributed by atoms with Gasteiger partial charge in [0.15, 0.2) is 5.69 Å². The number of rotatable bonds is 7. The van der Waals surface area contributed by atoms with Crippen molar-refractivity contribution in [3.63, 3.8) is 0 Å². The summed E-state index contributed by atoms with van der Waals surface area (Å²) >= 11 is 1.92. The number of hydrogen-bond acceptors (Lipinski definition) is 1. The van der Waals surface area contributed by atoms with E-state index < -0.39 is 0 Å². The van der Waals surface area contributed by atoms with Gasteiger partial charge in [-0.1, -0.05) is 323 Å². The minimum absolute atomic E-state index is 0.167. The Balaban J connectivity index is 0.000000128. The van der Waals surface area contributed by atoms with Crippen LogP contribution in [0.25, 0.3) is 212 Å². The van der Waals surface area contributed by atoms with Gasteiger partial charge < -0.3 is 0 Å². The van der Waals surface area contributed by atoms with Crippen molar-refractivity contribution >= 4 is 113 Å². The minimum Gasteiger partial charge on any atom is -0.238 e. The molecule has 2 spiro atoms. The summed E-state index contributed by atoms with van der Waals surface area (Å²) in [6.45, 7) is 12.2. The van der Waals surface area contributed by atoms with E-state index in [1.807, 2.05) is 35.6 Å². The highest BCUT2D eigenvalue weighted by atomic mass is 32.1. The van der Waals surface area contributed by atoms with Gasteiger partial charge in [-0.15, -0.1) is 11.3 Å².